The molecule has 0 aromatic heterocycles. The molecule has 0 aliphatic rings. The maximum absolute atomic E-state index is 10.4. The molecule has 2 aromatic rings. The fourth-order valence-electron chi connectivity index (χ4n) is 7.30. The molecule has 2 rings (SSSR count). The molecule has 0 radical (unpaired) electrons. The molecular formula is C50H82BaO8. The molecule has 0 aliphatic carbocycles. The quantitative estimate of drug-likeness (QED) is 0.0501. The molecule has 0 saturated carbocycles. The Kier molecular flexibility index (Phi) is 41.2. The van der Waals surface area contributed by atoms with E-state index in [0.29, 0.717) is 38.3 Å². The van der Waals surface area contributed by atoms with Gasteiger partial charge in [-0.1, -0.05) is 203 Å². The fraction of sp³-hybridized carbons (Fsp3) is 0.720. The number of rotatable bonds is 38. The second-order valence-electron chi connectivity index (χ2n) is 16.4. The summed E-state index contributed by atoms with van der Waals surface area (Å²) in [5.41, 5.74) is 2.49. The molecule has 8 nitrogen and oxygen atoms in total. The summed E-state index contributed by atoms with van der Waals surface area (Å²) >= 11 is 0. The normalized spacial score (nSPS) is 13.1. The first-order valence-electron chi connectivity index (χ1n) is 23.3. The number of carboxylic acids is 2. The Morgan fingerprint density at radius 1 is 0.458 bits per heavy atom. The van der Waals surface area contributed by atoms with Crippen molar-refractivity contribution in [2.75, 3.05) is 0 Å². The van der Waals surface area contributed by atoms with E-state index in [1.165, 1.54) is 101 Å². The van der Waals surface area contributed by atoms with Crippen LogP contribution in [0.15, 0.2) is 60.7 Å². The van der Waals surface area contributed by atoms with E-state index >= 15 is 0 Å². The molecule has 332 valence electrons. The minimum atomic E-state index is -1.17. The van der Waals surface area contributed by atoms with E-state index in [4.69, 9.17) is 9.47 Å². The number of hydrogen-bond donors (Lipinski definition) is 2. The Hall–Kier alpha value is -1.21. The average molecular weight is 949 g/mol. The van der Waals surface area contributed by atoms with Crippen molar-refractivity contribution in [1.82, 2.24) is 0 Å². The summed E-state index contributed by atoms with van der Waals surface area (Å²) in [6, 6.07) is 20.8. The number of benzene rings is 2. The van der Waals surface area contributed by atoms with Gasteiger partial charge in [0.1, 0.15) is 0 Å². The zero-order chi connectivity index (χ0) is 42.3. The molecule has 0 aliphatic heterocycles. The van der Waals surface area contributed by atoms with Gasteiger partial charge in [-0.3, -0.25) is 0 Å². The van der Waals surface area contributed by atoms with Gasteiger partial charge in [-0.25, -0.2) is 0 Å². The van der Waals surface area contributed by atoms with Crippen molar-refractivity contribution in [3.63, 3.8) is 0 Å². The van der Waals surface area contributed by atoms with Crippen molar-refractivity contribution in [2.45, 2.75) is 231 Å². The van der Waals surface area contributed by atoms with E-state index in [0.717, 1.165) is 64.2 Å². The molecule has 0 saturated heterocycles. The summed E-state index contributed by atoms with van der Waals surface area (Å²) in [4.78, 5) is 20.8. The number of carboxylic acid groups (broad SMARTS) is 2. The molecule has 59 heavy (non-hydrogen) atoms. The number of ether oxygens (including phenoxy) is 2. The SMILES string of the molecule is CCCCCCC(CCCCCCCCC(O)CC(=O)[O-])OCc1ccccc1.CCCCCCC(CCCCCCCCC(O)CC(=O)[O-])OCc1ccccc1.[Ba+2]. The van der Waals surface area contributed by atoms with Gasteiger partial charge >= 0.3 is 48.9 Å². The standard InChI is InChI=1S/2C25H42O4.Ba/c2*1-2-3-4-13-18-24(29-21-22-15-10-9-11-16-22)19-14-8-6-5-7-12-17-23(26)20-25(27)28;/h2*9-11,15-16,23-24,26H,2-8,12-14,17-21H2,1H3,(H,27,28);/q;;+2/p-2. The van der Waals surface area contributed by atoms with Crippen molar-refractivity contribution in [2.24, 2.45) is 0 Å². The van der Waals surface area contributed by atoms with Crippen molar-refractivity contribution in [1.29, 1.82) is 0 Å². The van der Waals surface area contributed by atoms with Gasteiger partial charge in [0.25, 0.3) is 0 Å². The Morgan fingerprint density at radius 3 is 1.02 bits per heavy atom. The van der Waals surface area contributed by atoms with Gasteiger partial charge in [0, 0.05) is 24.8 Å². The third-order valence-corrected chi connectivity index (χ3v) is 10.8. The van der Waals surface area contributed by atoms with Crippen LogP contribution in [0.4, 0.5) is 0 Å². The summed E-state index contributed by atoms with van der Waals surface area (Å²) in [7, 11) is 0. The maximum atomic E-state index is 10.4. The summed E-state index contributed by atoms with van der Waals surface area (Å²) in [6.07, 6.45) is 28.0. The van der Waals surface area contributed by atoms with Crippen LogP contribution in [-0.2, 0) is 32.3 Å². The van der Waals surface area contributed by atoms with Gasteiger partial charge in [0.15, 0.2) is 0 Å². The first-order chi connectivity index (χ1) is 28.2. The number of aliphatic carboxylic acids is 2. The largest absolute Gasteiger partial charge is 2.00 e. The van der Waals surface area contributed by atoms with Crippen molar-refractivity contribution in [3.05, 3.63) is 71.8 Å². The number of unbranched alkanes of at least 4 members (excludes halogenated alkanes) is 16. The second-order valence-corrected chi connectivity index (χ2v) is 16.4. The molecule has 0 heterocycles. The van der Waals surface area contributed by atoms with Crippen molar-refractivity contribution < 1.29 is 39.5 Å². The third-order valence-electron chi connectivity index (χ3n) is 10.8. The van der Waals surface area contributed by atoms with Crippen LogP contribution in [0.3, 0.4) is 0 Å². The monoisotopic (exact) mass is 949 g/mol. The third kappa shape index (κ3) is 38.2. The minimum absolute atomic E-state index is 0. The number of hydrogen-bond acceptors (Lipinski definition) is 8. The van der Waals surface area contributed by atoms with Crippen LogP contribution < -0.4 is 10.2 Å². The summed E-state index contributed by atoms with van der Waals surface area (Å²) in [5.74, 6) is -2.34. The number of aliphatic hydroxyl groups is 2. The zero-order valence-electron chi connectivity index (χ0n) is 37.3. The van der Waals surface area contributed by atoms with E-state index in [-0.39, 0.29) is 61.7 Å². The van der Waals surface area contributed by atoms with Crippen LogP contribution in [0, 0.1) is 0 Å². The Morgan fingerprint density at radius 2 is 0.729 bits per heavy atom. The van der Waals surface area contributed by atoms with E-state index < -0.39 is 24.1 Å². The molecular weight excluding hydrogens is 866 g/mol. The number of aliphatic hydroxyl groups excluding tert-OH is 2. The molecule has 2 N–H and O–H groups in total. The van der Waals surface area contributed by atoms with Gasteiger partial charge in [-0.05, 0) is 49.7 Å². The number of carbonyl (C=O) groups is 2. The predicted octanol–water partition coefficient (Wildman–Crippen LogP) is 9.95. The minimum Gasteiger partial charge on any atom is -0.550 e. The Bertz CT molecular complexity index is 1110. The summed E-state index contributed by atoms with van der Waals surface area (Å²) < 4.78 is 12.5. The molecule has 4 atom stereocenters. The average Bonchev–Trinajstić information content (AvgIpc) is 3.21. The van der Waals surface area contributed by atoms with Gasteiger partial charge < -0.3 is 39.5 Å². The maximum Gasteiger partial charge on any atom is 2.00 e. The first kappa shape index (κ1) is 57.8. The predicted molar refractivity (Wildman–Crippen MR) is 238 cm³/mol. The van der Waals surface area contributed by atoms with Crippen molar-refractivity contribution >= 4 is 60.8 Å². The molecule has 0 fully saturated rings. The summed E-state index contributed by atoms with van der Waals surface area (Å²) in [6.45, 7) is 5.89. The first-order valence-corrected chi connectivity index (χ1v) is 23.3. The van der Waals surface area contributed by atoms with Gasteiger partial charge in [-0.15, -0.1) is 0 Å². The van der Waals surface area contributed by atoms with Gasteiger partial charge in [-0.2, -0.15) is 0 Å². The van der Waals surface area contributed by atoms with E-state index in [1.54, 1.807) is 0 Å². The molecule has 4 unspecified atom stereocenters. The zero-order valence-corrected chi connectivity index (χ0v) is 41.8. The van der Waals surface area contributed by atoms with Crippen LogP contribution >= 0.6 is 0 Å². The topological polar surface area (TPSA) is 139 Å². The van der Waals surface area contributed by atoms with Crippen LogP contribution in [0.1, 0.15) is 205 Å². The smallest absolute Gasteiger partial charge is 0.550 e. The molecule has 0 spiro atoms. The Balaban J connectivity index is 0.00000112. The van der Waals surface area contributed by atoms with Crippen LogP contribution in [0.25, 0.3) is 0 Å². The van der Waals surface area contributed by atoms with E-state index in [1.807, 2.05) is 12.1 Å². The second kappa shape index (κ2) is 42.1. The summed E-state index contributed by atoms with van der Waals surface area (Å²) in [5, 5.41) is 39.9. The van der Waals surface area contributed by atoms with Crippen molar-refractivity contribution in [3.8, 4) is 0 Å². The van der Waals surface area contributed by atoms with Crippen LogP contribution in [0.5, 0.6) is 0 Å². The molecule has 0 bridgehead atoms. The van der Waals surface area contributed by atoms with Crippen LogP contribution in [0.2, 0.25) is 0 Å². The molecule has 0 amide bonds. The van der Waals surface area contributed by atoms with Gasteiger partial charge in [0.2, 0.25) is 0 Å². The number of carbonyl (C=O) groups excluding carboxylic acids is 2. The van der Waals surface area contributed by atoms with Crippen LogP contribution in [-0.4, -0.2) is 95.4 Å². The van der Waals surface area contributed by atoms with E-state index in [2.05, 4.69) is 62.4 Å². The van der Waals surface area contributed by atoms with Gasteiger partial charge in [0.05, 0.1) is 37.6 Å². The van der Waals surface area contributed by atoms with E-state index in [9.17, 15) is 30.0 Å². The Labute approximate surface area is 400 Å². The fourth-order valence-corrected chi connectivity index (χ4v) is 7.30. The molecule has 2 aromatic carbocycles. The molecule has 9 heteroatoms.